The van der Waals surface area contributed by atoms with Gasteiger partial charge in [-0.25, -0.2) is 0 Å². The van der Waals surface area contributed by atoms with Crippen LogP contribution < -0.4 is 5.48 Å². The van der Waals surface area contributed by atoms with Crippen molar-refractivity contribution in [3.8, 4) is 11.5 Å². The molecule has 0 amide bonds. The summed E-state index contributed by atoms with van der Waals surface area (Å²) in [5.74, 6) is 2.81. The lowest BCUT2D eigenvalue weighted by Crippen LogP contribution is -2.23. The molecule has 0 fully saturated rings. The highest BCUT2D eigenvalue weighted by atomic mass is 28.3. The van der Waals surface area contributed by atoms with Gasteiger partial charge in [0.25, 0.3) is 0 Å². The van der Waals surface area contributed by atoms with E-state index < -0.39 is 8.07 Å². The Morgan fingerprint density at radius 3 is 2.30 bits per heavy atom. The fourth-order valence-electron chi connectivity index (χ4n) is 0.336. The van der Waals surface area contributed by atoms with Crippen molar-refractivity contribution < 1.29 is 5.21 Å². The first kappa shape index (κ1) is 9.70. The average molecular weight is 156 g/mol. The van der Waals surface area contributed by atoms with Gasteiger partial charge in [0, 0.05) is 0 Å². The van der Waals surface area contributed by atoms with E-state index in [2.05, 4.69) is 38.0 Å². The van der Waals surface area contributed by atoms with Crippen LogP contribution in [0, 0.1) is 18.4 Å². The van der Waals surface area contributed by atoms with Crippen LogP contribution in [0.5, 0.6) is 0 Å². The van der Waals surface area contributed by atoms with E-state index in [1.54, 1.807) is 0 Å². The Hall–Kier alpha value is -0.303. The molecule has 0 aliphatic heterocycles. The van der Waals surface area contributed by atoms with Gasteiger partial charge >= 0.3 is 0 Å². The number of hydroxylamine groups is 1. The molecule has 3 heteroatoms. The van der Waals surface area contributed by atoms with E-state index in [-0.39, 0.29) is 6.04 Å². The first-order valence-corrected chi connectivity index (χ1v) is 6.71. The highest BCUT2D eigenvalue weighted by molar-refractivity contribution is 6.83. The molecule has 0 spiro atoms. The van der Waals surface area contributed by atoms with Crippen molar-refractivity contribution in [1.29, 1.82) is 0 Å². The average Bonchev–Trinajstić information content (AvgIpc) is 1.81. The monoisotopic (exact) mass is 156 g/mol. The molecule has 0 saturated heterocycles. The van der Waals surface area contributed by atoms with Crippen molar-refractivity contribution in [2.24, 2.45) is 0 Å². The summed E-state index contributed by atoms with van der Waals surface area (Å²) < 4.78 is 0. The lowest BCUT2D eigenvalue weighted by molar-refractivity contribution is 0.160. The van der Waals surface area contributed by atoms with Crippen LogP contribution in [-0.4, -0.2) is 19.3 Å². The Labute approximate surface area is 63.6 Å². The second-order valence-corrected chi connectivity index (χ2v) is 7.95. The second kappa shape index (κ2) is 3.77. The van der Waals surface area contributed by atoms with Gasteiger partial charge in [0.15, 0.2) is 0 Å². The van der Waals surface area contributed by atoms with E-state index >= 15 is 0 Å². The summed E-state index contributed by atoms with van der Waals surface area (Å²) in [5.41, 5.74) is 5.05. The Morgan fingerprint density at radius 2 is 2.00 bits per heavy atom. The summed E-state index contributed by atoms with van der Waals surface area (Å²) in [4.78, 5) is 0. The molecule has 0 bridgehead atoms. The van der Waals surface area contributed by atoms with Crippen LogP contribution in [-0.2, 0) is 0 Å². The highest BCUT2D eigenvalue weighted by Crippen LogP contribution is 1.96. The minimum Gasteiger partial charge on any atom is -0.316 e. The van der Waals surface area contributed by atoms with Crippen LogP contribution in [0.15, 0.2) is 0 Å². The third-order valence-electron chi connectivity index (χ3n) is 0.777. The van der Waals surface area contributed by atoms with Crippen molar-refractivity contribution in [3.63, 3.8) is 0 Å². The zero-order chi connectivity index (χ0) is 8.20. The molecule has 1 radical (unpaired) electrons. The number of hydrogen-bond donors (Lipinski definition) is 2. The summed E-state index contributed by atoms with van der Waals surface area (Å²) in [6.45, 7) is 9.98. The van der Waals surface area contributed by atoms with Crippen LogP contribution in [0.25, 0.3) is 0 Å². The number of hydrogen-bond acceptors (Lipinski definition) is 2. The number of rotatable bonds is 1. The first-order valence-electron chi connectivity index (χ1n) is 3.21. The van der Waals surface area contributed by atoms with Gasteiger partial charge in [-0.15, -0.1) is 5.54 Å². The van der Waals surface area contributed by atoms with E-state index in [9.17, 15) is 0 Å². The summed E-state index contributed by atoms with van der Waals surface area (Å²) in [5, 5.41) is 8.33. The van der Waals surface area contributed by atoms with Crippen molar-refractivity contribution in [2.75, 3.05) is 0 Å². The van der Waals surface area contributed by atoms with Crippen molar-refractivity contribution >= 4 is 8.07 Å². The normalized spacial score (nSPS) is 13.7. The van der Waals surface area contributed by atoms with Crippen molar-refractivity contribution in [2.45, 2.75) is 25.7 Å². The molecule has 57 valence electrons. The molecule has 1 unspecified atom stereocenters. The zero-order valence-electron chi connectivity index (χ0n) is 6.73. The van der Waals surface area contributed by atoms with Crippen LogP contribution >= 0.6 is 0 Å². The Kier molecular flexibility index (Phi) is 3.65. The molecule has 1 atom stereocenters. The number of nitrogens with one attached hydrogen (secondary N) is 1. The van der Waals surface area contributed by atoms with E-state index in [0.717, 1.165) is 0 Å². The minimum atomic E-state index is -1.29. The smallest absolute Gasteiger partial charge is 0.129 e. The fourth-order valence-corrected chi connectivity index (χ4v) is 0.943. The molecule has 2 nitrogen and oxygen atoms in total. The van der Waals surface area contributed by atoms with Gasteiger partial charge in [-0.2, -0.15) is 5.48 Å². The van der Waals surface area contributed by atoms with E-state index in [1.807, 2.05) is 5.48 Å². The quantitative estimate of drug-likeness (QED) is 0.338. The SMILES string of the molecule is [CH2]C(C#C[Si](C)(C)C)NO. The van der Waals surface area contributed by atoms with Gasteiger partial charge in [0.2, 0.25) is 0 Å². The largest absolute Gasteiger partial charge is 0.316 e. The Bertz CT molecular complexity index is 151. The molecule has 2 N–H and O–H groups in total. The lowest BCUT2D eigenvalue weighted by atomic mass is 10.4. The fraction of sp³-hybridized carbons (Fsp3) is 0.571. The predicted octanol–water partition coefficient (Wildman–Crippen LogP) is 1.05. The predicted molar refractivity (Wildman–Crippen MR) is 45.2 cm³/mol. The van der Waals surface area contributed by atoms with Gasteiger partial charge in [0.1, 0.15) is 8.07 Å². The highest BCUT2D eigenvalue weighted by Gasteiger charge is 2.07. The van der Waals surface area contributed by atoms with Gasteiger partial charge in [0.05, 0.1) is 6.04 Å². The molecule has 0 aliphatic rings. The standard InChI is InChI=1S/C7H14NOSi/c1-7(8-9)5-6-10(2,3)4/h7-9H,1H2,2-4H3. The van der Waals surface area contributed by atoms with Gasteiger partial charge in [-0.05, 0) is 6.92 Å². The van der Waals surface area contributed by atoms with E-state index in [1.165, 1.54) is 0 Å². The third-order valence-corrected chi connectivity index (χ3v) is 1.67. The third kappa shape index (κ3) is 5.83. The van der Waals surface area contributed by atoms with Crippen LogP contribution in [0.4, 0.5) is 0 Å². The lowest BCUT2D eigenvalue weighted by Gasteiger charge is -2.05. The molecule has 10 heavy (non-hydrogen) atoms. The molecule has 0 saturated carbocycles. The molecule has 0 rings (SSSR count). The minimum absolute atomic E-state index is 0.355. The van der Waals surface area contributed by atoms with Crippen LogP contribution in [0.3, 0.4) is 0 Å². The van der Waals surface area contributed by atoms with Crippen molar-refractivity contribution in [1.82, 2.24) is 5.48 Å². The van der Waals surface area contributed by atoms with Crippen LogP contribution in [0.2, 0.25) is 19.6 Å². The summed E-state index contributed by atoms with van der Waals surface area (Å²) in [6.07, 6.45) is 0. The molecule has 0 heterocycles. The summed E-state index contributed by atoms with van der Waals surface area (Å²) in [7, 11) is -1.29. The maximum Gasteiger partial charge on any atom is 0.129 e. The molecule has 0 aromatic rings. The maximum absolute atomic E-state index is 8.33. The van der Waals surface area contributed by atoms with E-state index in [4.69, 9.17) is 5.21 Å². The molecular formula is C7H14NOSi. The maximum atomic E-state index is 8.33. The van der Waals surface area contributed by atoms with Crippen molar-refractivity contribution in [3.05, 3.63) is 6.92 Å². The summed E-state index contributed by atoms with van der Waals surface area (Å²) in [6, 6.07) is -0.355. The topological polar surface area (TPSA) is 32.3 Å². The van der Waals surface area contributed by atoms with Gasteiger partial charge in [-0.3, -0.25) is 0 Å². The Morgan fingerprint density at radius 1 is 1.50 bits per heavy atom. The van der Waals surface area contributed by atoms with Gasteiger partial charge in [-0.1, -0.05) is 25.6 Å². The molecule has 0 aromatic carbocycles. The molecule has 0 aliphatic carbocycles. The van der Waals surface area contributed by atoms with Gasteiger partial charge < -0.3 is 5.21 Å². The molecular weight excluding hydrogens is 142 g/mol. The molecule has 0 aromatic heterocycles. The van der Waals surface area contributed by atoms with Crippen LogP contribution in [0.1, 0.15) is 0 Å². The summed E-state index contributed by atoms with van der Waals surface area (Å²) >= 11 is 0. The Balaban J connectivity index is 3.91. The van der Waals surface area contributed by atoms with E-state index in [0.29, 0.717) is 0 Å². The zero-order valence-corrected chi connectivity index (χ0v) is 7.73. The first-order chi connectivity index (χ1) is 4.45. The second-order valence-electron chi connectivity index (χ2n) is 3.20.